The first-order valence-electron chi connectivity index (χ1n) is 5.31. The molecule has 18 heavy (non-hydrogen) atoms. The highest BCUT2D eigenvalue weighted by atomic mass is 35.5. The van der Waals surface area contributed by atoms with E-state index in [9.17, 15) is 9.59 Å². The zero-order valence-corrected chi connectivity index (χ0v) is 11.2. The molecular formula is C11H15ClN4O2. The summed E-state index contributed by atoms with van der Waals surface area (Å²) >= 11 is 5.83. The predicted octanol–water partition coefficient (Wildman–Crippen LogP) is 1.17. The summed E-state index contributed by atoms with van der Waals surface area (Å²) in [6.07, 6.45) is 0.571. The van der Waals surface area contributed by atoms with Gasteiger partial charge in [-0.2, -0.15) is 0 Å². The summed E-state index contributed by atoms with van der Waals surface area (Å²) in [5.41, 5.74) is 4.67. The lowest BCUT2D eigenvalue weighted by Gasteiger charge is -2.21. The van der Waals surface area contributed by atoms with Gasteiger partial charge in [0.25, 0.3) is 0 Å². The molecule has 1 amide bonds. The van der Waals surface area contributed by atoms with Crippen LogP contribution in [-0.4, -0.2) is 28.7 Å². The van der Waals surface area contributed by atoms with Crippen LogP contribution in [0.15, 0.2) is 0 Å². The normalized spacial score (nSPS) is 11.1. The molecule has 0 radical (unpaired) electrons. The quantitative estimate of drug-likeness (QED) is 0.618. The fourth-order valence-electron chi connectivity index (χ4n) is 1.18. The van der Waals surface area contributed by atoms with Crippen LogP contribution in [0.3, 0.4) is 0 Å². The smallest absolute Gasteiger partial charge is 0.224 e. The van der Waals surface area contributed by atoms with Gasteiger partial charge in [-0.1, -0.05) is 11.6 Å². The Morgan fingerprint density at radius 2 is 2.11 bits per heavy atom. The van der Waals surface area contributed by atoms with Crippen LogP contribution in [0.1, 0.15) is 30.0 Å². The highest BCUT2D eigenvalue weighted by Gasteiger charge is 2.25. The van der Waals surface area contributed by atoms with Crippen LogP contribution in [0, 0.1) is 12.3 Å². The fraction of sp³-hybridized carbons (Fsp3) is 0.455. The third kappa shape index (κ3) is 3.16. The number of amides is 1. The number of nitrogens with zero attached hydrogens (tertiary/aromatic N) is 2. The minimum atomic E-state index is -0.758. The molecule has 0 fully saturated rings. The SMILES string of the molecule is Cc1nc(Cl)c(C=O)c(NCC(C)(C)C(N)=O)n1. The van der Waals surface area contributed by atoms with Crippen molar-refractivity contribution in [3.05, 3.63) is 16.5 Å². The summed E-state index contributed by atoms with van der Waals surface area (Å²) in [5.74, 6) is 0.293. The van der Waals surface area contributed by atoms with E-state index in [0.717, 1.165) is 0 Å². The van der Waals surface area contributed by atoms with Crippen molar-refractivity contribution in [1.82, 2.24) is 9.97 Å². The van der Waals surface area contributed by atoms with Gasteiger partial charge in [0.2, 0.25) is 5.91 Å². The van der Waals surface area contributed by atoms with E-state index >= 15 is 0 Å². The van der Waals surface area contributed by atoms with Crippen molar-refractivity contribution < 1.29 is 9.59 Å². The Balaban J connectivity index is 2.98. The highest BCUT2D eigenvalue weighted by Crippen LogP contribution is 2.21. The number of aryl methyl sites for hydroxylation is 1. The number of primary amides is 1. The molecule has 0 bridgehead atoms. The third-order valence-electron chi connectivity index (χ3n) is 2.49. The molecule has 98 valence electrons. The molecule has 3 N–H and O–H groups in total. The Morgan fingerprint density at radius 1 is 1.50 bits per heavy atom. The van der Waals surface area contributed by atoms with E-state index in [1.54, 1.807) is 20.8 Å². The first kappa shape index (κ1) is 14.4. The molecule has 1 rings (SSSR count). The van der Waals surface area contributed by atoms with E-state index in [0.29, 0.717) is 17.9 Å². The monoisotopic (exact) mass is 270 g/mol. The number of aromatic nitrogens is 2. The number of hydrogen-bond acceptors (Lipinski definition) is 5. The average molecular weight is 271 g/mol. The number of carbonyl (C=O) groups is 2. The van der Waals surface area contributed by atoms with E-state index in [1.165, 1.54) is 0 Å². The lowest BCUT2D eigenvalue weighted by molar-refractivity contribution is -0.125. The largest absolute Gasteiger partial charge is 0.369 e. The number of carbonyl (C=O) groups excluding carboxylic acids is 2. The lowest BCUT2D eigenvalue weighted by atomic mass is 9.93. The molecule has 0 aliphatic rings. The van der Waals surface area contributed by atoms with Crippen molar-refractivity contribution in [1.29, 1.82) is 0 Å². The van der Waals surface area contributed by atoms with E-state index in [1.807, 2.05) is 0 Å². The zero-order valence-electron chi connectivity index (χ0n) is 10.5. The number of aldehydes is 1. The molecule has 0 aromatic carbocycles. The van der Waals surface area contributed by atoms with Crippen molar-refractivity contribution in [2.75, 3.05) is 11.9 Å². The van der Waals surface area contributed by atoms with E-state index in [2.05, 4.69) is 15.3 Å². The minimum Gasteiger partial charge on any atom is -0.369 e. The maximum atomic E-state index is 11.2. The van der Waals surface area contributed by atoms with Gasteiger partial charge in [-0.05, 0) is 20.8 Å². The second kappa shape index (κ2) is 5.30. The minimum absolute atomic E-state index is 0.0804. The van der Waals surface area contributed by atoms with Gasteiger partial charge in [-0.15, -0.1) is 0 Å². The van der Waals surface area contributed by atoms with Crippen LogP contribution in [0.25, 0.3) is 0 Å². The zero-order chi connectivity index (χ0) is 13.9. The molecule has 0 saturated carbocycles. The van der Waals surface area contributed by atoms with Crippen LogP contribution >= 0.6 is 11.6 Å². The van der Waals surface area contributed by atoms with Crippen LogP contribution in [-0.2, 0) is 4.79 Å². The number of nitrogens with one attached hydrogen (secondary N) is 1. The van der Waals surface area contributed by atoms with Gasteiger partial charge in [-0.25, -0.2) is 9.97 Å². The van der Waals surface area contributed by atoms with Crippen molar-refractivity contribution in [2.24, 2.45) is 11.1 Å². The topological polar surface area (TPSA) is 98.0 Å². The van der Waals surface area contributed by atoms with Crippen LogP contribution in [0.5, 0.6) is 0 Å². The van der Waals surface area contributed by atoms with Crippen molar-refractivity contribution in [3.63, 3.8) is 0 Å². The van der Waals surface area contributed by atoms with Gasteiger partial charge < -0.3 is 11.1 Å². The Hall–Kier alpha value is -1.69. The third-order valence-corrected chi connectivity index (χ3v) is 2.78. The molecule has 0 spiro atoms. The summed E-state index contributed by atoms with van der Waals surface area (Å²) < 4.78 is 0. The summed E-state index contributed by atoms with van der Waals surface area (Å²) in [6, 6.07) is 0. The molecular weight excluding hydrogens is 256 g/mol. The second-order valence-electron chi connectivity index (χ2n) is 4.54. The van der Waals surface area contributed by atoms with Gasteiger partial charge in [0.1, 0.15) is 16.8 Å². The second-order valence-corrected chi connectivity index (χ2v) is 4.90. The Morgan fingerprint density at radius 3 is 2.61 bits per heavy atom. The van der Waals surface area contributed by atoms with Gasteiger partial charge in [0.05, 0.1) is 11.0 Å². The van der Waals surface area contributed by atoms with Gasteiger partial charge >= 0.3 is 0 Å². The van der Waals surface area contributed by atoms with Crippen LogP contribution in [0.2, 0.25) is 5.15 Å². The molecule has 0 unspecified atom stereocenters. The molecule has 1 aromatic rings. The van der Waals surface area contributed by atoms with Gasteiger partial charge in [0.15, 0.2) is 6.29 Å². The van der Waals surface area contributed by atoms with Crippen molar-refractivity contribution in [2.45, 2.75) is 20.8 Å². The number of anilines is 1. The Labute approximate surface area is 110 Å². The van der Waals surface area contributed by atoms with E-state index < -0.39 is 11.3 Å². The molecule has 0 saturated heterocycles. The van der Waals surface area contributed by atoms with E-state index in [-0.39, 0.29) is 17.3 Å². The number of nitrogens with two attached hydrogens (primary N) is 1. The maximum absolute atomic E-state index is 11.2. The summed E-state index contributed by atoms with van der Waals surface area (Å²) in [5, 5.41) is 2.98. The average Bonchev–Trinajstić information content (AvgIpc) is 2.25. The van der Waals surface area contributed by atoms with Crippen LogP contribution < -0.4 is 11.1 Å². The predicted molar refractivity (Wildman–Crippen MR) is 68.6 cm³/mol. The molecule has 0 aliphatic carbocycles. The number of rotatable bonds is 5. The molecule has 0 atom stereocenters. The Bertz CT molecular complexity index is 488. The molecule has 7 heteroatoms. The number of halogens is 1. The van der Waals surface area contributed by atoms with Gasteiger partial charge in [0, 0.05) is 6.54 Å². The summed E-state index contributed by atoms with van der Waals surface area (Å²) in [4.78, 5) is 30.1. The Kier molecular flexibility index (Phi) is 4.24. The van der Waals surface area contributed by atoms with E-state index in [4.69, 9.17) is 17.3 Å². The lowest BCUT2D eigenvalue weighted by Crippen LogP contribution is -2.37. The first-order valence-corrected chi connectivity index (χ1v) is 5.69. The van der Waals surface area contributed by atoms with Crippen LogP contribution in [0.4, 0.5) is 5.82 Å². The van der Waals surface area contributed by atoms with Crippen molar-refractivity contribution >= 4 is 29.6 Å². The molecule has 1 heterocycles. The summed E-state index contributed by atoms with van der Waals surface area (Å²) in [7, 11) is 0. The first-order chi connectivity index (χ1) is 8.27. The highest BCUT2D eigenvalue weighted by molar-refractivity contribution is 6.32. The standard InChI is InChI=1S/C11H15ClN4O2/c1-6-15-8(12)7(4-17)9(16-6)14-5-11(2,3)10(13)18/h4H,5H2,1-3H3,(H2,13,18)(H,14,15,16). The summed E-state index contributed by atoms with van der Waals surface area (Å²) in [6.45, 7) is 5.29. The molecule has 1 aromatic heterocycles. The van der Waals surface area contributed by atoms with Gasteiger partial charge in [-0.3, -0.25) is 9.59 Å². The van der Waals surface area contributed by atoms with Crippen molar-refractivity contribution in [3.8, 4) is 0 Å². The number of hydrogen-bond donors (Lipinski definition) is 2. The molecule has 0 aliphatic heterocycles. The fourth-order valence-corrected chi connectivity index (χ4v) is 1.43. The molecule has 6 nitrogen and oxygen atoms in total. The maximum Gasteiger partial charge on any atom is 0.224 e.